The van der Waals surface area contributed by atoms with Crippen molar-refractivity contribution >= 4 is 46.4 Å². The molecule has 116 valence electrons. The highest BCUT2D eigenvalue weighted by Gasteiger charge is 2.31. The predicted octanol–water partition coefficient (Wildman–Crippen LogP) is 7.67. The molecule has 0 radical (unpaired) electrons. The minimum Gasteiger partial charge on any atom is -0.102 e. The highest BCUT2D eigenvalue weighted by atomic mass is 35.5. The van der Waals surface area contributed by atoms with Crippen LogP contribution >= 0.6 is 46.4 Å². The van der Waals surface area contributed by atoms with Crippen molar-refractivity contribution in [2.45, 2.75) is 93.1 Å². The summed E-state index contributed by atoms with van der Waals surface area (Å²) in [4.78, 5) is -0.709. The molecule has 0 fully saturated rings. The number of rotatable bonds is 13. The average Bonchev–Trinajstić information content (AvgIpc) is 2.35. The molecule has 0 aromatic carbocycles. The van der Waals surface area contributed by atoms with Gasteiger partial charge in [0.2, 0.25) is 0 Å². The normalized spacial score (nSPS) is 12.3. The molecule has 0 N–H and O–H groups in total. The summed E-state index contributed by atoms with van der Waals surface area (Å²) >= 11 is 23.4. The molecule has 0 heterocycles. The van der Waals surface area contributed by atoms with Crippen LogP contribution in [0.4, 0.5) is 0 Å². The molecule has 0 atom stereocenters. The smallest absolute Gasteiger partial charge is 0.102 e. The average molecular weight is 350 g/mol. The molecule has 0 rings (SSSR count). The summed E-state index contributed by atoms with van der Waals surface area (Å²) in [5, 5.41) is 0. The fourth-order valence-electron chi connectivity index (χ4n) is 2.13. The van der Waals surface area contributed by atoms with Crippen LogP contribution in [0.15, 0.2) is 0 Å². The standard InChI is InChI=1S/C15H28Cl4/c1-2-3-4-5-6-7-8-9-10-11-12-13-15(18,19)14(16)17/h14H,2-13H2,1H3. The minimum atomic E-state index is -0.984. The highest BCUT2D eigenvalue weighted by molar-refractivity contribution is 6.59. The van der Waals surface area contributed by atoms with Gasteiger partial charge in [-0.3, -0.25) is 0 Å². The van der Waals surface area contributed by atoms with Gasteiger partial charge in [-0.05, 0) is 6.42 Å². The van der Waals surface area contributed by atoms with Gasteiger partial charge in [0.15, 0.2) is 0 Å². The quantitative estimate of drug-likeness (QED) is 0.236. The molecule has 0 nitrogen and oxygen atoms in total. The third-order valence-electron chi connectivity index (χ3n) is 3.43. The monoisotopic (exact) mass is 348 g/mol. The van der Waals surface area contributed by atoms with Gasteiger partial charge < -0.3 is 0 Å². The van der Waals surface area contributed by atoms with E-state index in [0.29, 0.717) is 6.42 Å². The Morgan fingerprint density at radius 1 is 0.684 bits per heavy atom. The Bertz CT molecular complexity index is 193. The van der Waals surface area contributed by atoms with E-state index in [1.54, 1.807) is 0 Å². The zero-order valence-corrected chi connectivity index (χ0v) is 15.1. The molecule has 0 aromatic heterocycles. The van der Waals surface area contributed by atoms with Crippen LogP contribution in [-0.2, 0) is 0 Å². The zero-order valence-electron chi connectivity index (χ0n) is 12.1. The third-order valence-corrected chi connectivity index (χ3v) is 5.44. The Morgan fingerprint density at radius 3 is 1.42 bits per heavy atom. The van der Waals surface area contributed by atoms with Crippen LogP contribution < -0.4 is 0 Å². The minimum absolute atomic E-state index is 0.671. The fourth-order valence-corrected chi connectivity index (χ4v) is 2.62. The van der Waals surface area contributed by atoms with Crippen LogP contribution in [0.3, 0.4) is 0 Å². The van der Waals surface area contributed by atoms with E-state index in [9.17, 15) is 0 Å². The summed E-state index contributed by atoms with van der Waals surface area (Å²) in [5.74, 6) is 0. The first-order valence-electron chi connectivity index (χ1n) is 7.66. The summed E-state index contributed by atoms with van der Waals surface area (Å²) in [6.45, 7) is 2.26. The number of unbranched alkanes of at least 4 members (excludes halogenated alkanes) is 10. The van der Waals surface area contributed by atoms with Crippen LogP contribution in [0.25, 0.3) is 0 Å². The summed E-state index contributed by atoms with van der Waals surface area (Å²) in [6.07, 6.45) is 15.1. The van der Waals surface area contributed by atoms with E-state index in [1.807, 2.05) is 0 Å². The molecule has 19 heavy (non-hydrogen) atoms. The van der Waals surface area contributed by atoms with Gasteiger partial charge in [-0.1, -0.05) is 101 Å². The largest absolute Gasteiger partial charge is 0.148 e. The summed E-state index contributed by atoms with van der Waals surface area (Å²) < 4.78 is -0.984. The molecule has 0 aliphatic carbocycles. The second kappa shape index (κ2) is 12.9. The van der Waals surface area contributed by atoms with Crippen molar-refractivity contribution in [1.29, 1.82) is 0 Å². The topological polar surface area (TPSA) is 0 Å². The molecule has 0 aliphatic heterocycles. The lowest BCUT2D eigenvalue weighted by Gasteiger charge is -2.20. The molecule has 0 spiro atoms. The van der Waals surface area contributed by atoms with E-state index in [4.69, 9.17) is 46.4 Å². The first kappa shape index (κ1) is 20.2. The lowest BCUT2D eigenvalue weighted by atomic mass is 10.0. The van der Waals surface area contributed by atoms with Crippen molar-refractivity contribution in [3.05, 3.63) is 0 Å². The molecular formula is C15H28Cl4. The Labute approximate surface area is 139 Å². The van der Waals surface area contributed by atoms with E-state index in [2.05, 4.69) is 6.92 Å². The van der Waals surface area contributed by atoms with E-state index in [0.717, 1.165) is 12.8 Å². The van der Waals surface area contributed by atoms with E-state index < -0.39 is 9.17 Å². The van der Waals surface area contributed by atoms with Gasteiger partial charge in [-0.2, -0.15) is 0 Å². The van der Waals surface area contributed by atoms with Gasteiger partial charge in [-0.15, -0.1) is 23.2 Å². The molecule has 0 aliphatic rings. The Morgan fingerprint density at radius 2 is 1.05 bits per heavy atom. The molecule has 0 aromatic rings. The van der Waals surface area contributed by atoms with Crippen LogP contribution in [0, 0.1) is 0 Å². The molecule has 0 saturated carbocycles. The zero-order chi connectivity index (χ0) is 14.6. The highest BCUT2D eigenvalue weighted by Crippen LogP contribution is 2.36. The van der Waals surface area contributed by atoms with Crippen molar-refractivity contribution < 1.29 is 0 Å². The fraction of sp³-hybridized carbons (Fsp3) is 1.00. The SMILES string of the molecule is CCCCCCCCCCCCCC(Cl)(Cl)C(Cl)Cl. The third kappa shape index (κ3) is 12.6. The first-order valence-corrected chi connectivity index (χ1v) is 9.29. The second-order valence-electron chi connectivity index (χ2n) is 5.35. The second-order valence-corrected chi connectivity index (χ2v) is 7.99. The van der Waals surface area contributed by atoms with Gasteiger partial charge in [0.25, 0.3) is 0 Å². The molecule has 0 bridgehead atoms. The van der Waals surface area contributed by atoms with E-state index in [1.165, 1.54) is 57.8 Å². The molecule has 4 heteroatoms. The Hall–Kier alpha value is 1.16. The first-order chi connectivity index (χ1) is 9.00. The maximum absolute atomic E-state index is 6.00. The lowest BCUT2D eigenvalue weighted by molar-refractivity contribution is 0.538. The maximum Gasteiger partial charge on any atom is 0.148 e. The number of hydrogen-bond donors (Lipinski definition) is 0. The van der Waals surface area contributed by atoms with Gasteiger partial charge in [0.1, 0.15) is 9.17 Å². The van der Waals surface area contributed by atoms with Crippen LogP contribution in [0.1, 0.15) is 84.0 Å². The van der Waals surface area contributed by atoms with Gasteiger partial charge in [0, 0.05) is 0 Å². The summed E-state index contributed by atoms with van der Waals surface area (Å²) in [6, 6.07) is 0. The molecule has 0 unspecified atom stereocenters. The summed E-state index contributed by atoms with van der Waals surface area (Å²) in [5.41, 5.74) is 0. The number of hydrogen-bond acceptors (Lipinski definition) is 0. The maximum atomic E-state index is 6.00. The van der Waals surface area contributed by atoms with E-state index >= 15 is 0 Å². The summed E-state index contributed by atoms with van der Waals surface area (Å²) in [7, 11) is 0. The van der Waals surface area contributed by atoms with Crippen LogP contribution in [-0.4, -0.2) is 9.17 Å². The Balaban J connectivity index is 3.19. The van der Waals surface area contributed by atoms with Crippen LogP contribution in [0.5, 0.6) is 0 Å². The number of alkyl halides is 4. The van der Waals surface area contributed by atoms with Gasteiger partial charge >= 0.3 is 0 Å². The van der Waals surface area contributed by atoms with Crippen molar-refractivity contribution in [3.63, 3.8) is 0 Å². The molecule has 0 amide bonds. The predicted molar refractivity (Wildman–Crippen MR) is 91.0 cm³/mol. The molecule has 0 saturated heterocycles. The molecular weight excluding hydrogens is 322 g/mol. The van der Waals surface area contributed by atoms with Crippen molar-refractivity contribution in [1.82, 2.24) is 0 Å². The van der Waals surface area contributed by atoms with Crippen molar-refractivity contribution in [2.75, 3.05) is 0 Å². The van der Waals surface area contributed by atoms with Gasteiger partial charge in [-0.25, -0.2) is 0 Å². The van der Waals surface area contributed by atoms with Gasteiger partial charge in [0.05, 0.1) is 0 Å². The number of halogens is 4. The Kier molecular flexibility index (Phi) is 13.7. The van der Waals surface area contributed by atoms with E-state index in [-0.39, 0.29) is 0 Å². The lowest BCUT2D eigenvalue weighted by Crippen LogP contribution is -2.21. The van der Waals surface area contributed by atoms with Crippen LogP contribution in [0.2, 0.25) is 0 Å². The van der Waals surface area contributed by atoms with Crippen molar-refractivity contribution in [3.8, 4) is 0 Å². The van der Waals surface area contributed by atoms with Crippen molar-refractivity contribution in [2.24, 2.45) is 0 Å².